The van der Waals surface area contributed by atoms with Gasteiger partial charge in [0, 0.05) is 10.8 Å². The normalized spacial score (nSPS) is 12.1. The Hall–Kier alpha value is -3.12. The summed E-state index contributed by atoms with van der Waals surface area (Å²) in [6.07, 6.45) is 0. The molecule has 0 bridgehead atoms. The number of aryl methyl sites for hydroxylation is 4. The Morgan fingerprint density at radius 1 is 0.353 bits per heavy atom. The van der Waals surface area contributed by atoms with Gasteiger partial charge in [-0.3, -0.25) is 0 Å². The van der Waals surface area contributed by atoms with E-state index in [4.69, 9.17) is 0 Å². The smallest absolute Gasteiger partial charge is 0.0146 e. The molecule has 0 saturated heterocycles. The maximum atomic E-state index is 2.33. The van der Waals surface area contributed by atoms with Crippen LogP contribution in [-0.2, 0) is 10.8 Å². The average molecular weight is 447 g/mol. The molecule has 174 valence electrons. The highest BCUT2D eigenvalue weighted by molar-refractivity contribution is 5.65. The Morgan fingerprint density at radius 2 is 0.647 bits per heavy atom. The summed E-state index contributed by atoms with van der Waals surface area (Å²) in [7, 11) is 0. The molecule has 0 aliphatic heterocycles. The summed E-state index contributed by atoms with van der Waals surface area (Å²) in [5, 5.41) is 0. The molecule has 0 radical (unpaired) electrons. The van der Waals surface area contributed by atoms with Crippen LogP contribution in [0.1, 0.15) is 72.2 Å². The second-order valence-electron chi connectivity index (χ2n) is 11.0. The summed E-state index contributed by atoms with van der Waals surface area (Å²) in [4.78, 5) is 0. The largest absolute Gasteiger partial charge is 0.0588 e. The minimum atomic E-state index is -0.0307. The molecule has 0 amide bonds. The highest BCUT2D eigenvalue weighted by Gasteiger charge is 2.25. The lowest BCUT2D eigenvalue weighted by atomic mass is 9.76. The summed E-state index contributed by atoms with van der Waals surface area (Å²) >= 11 is 0. The highest BCUT2D eigenvalue weighted by atomic mass is 14.3. The van der Waals surface area contributed by atoms with E-state index in [-0.39, 0.29) is 10.8 Å². The van der Waals surface area contributed by atoms with Gasteiger partial charge in [0.1, 0.15) is 0 Å². The molecule has 0 nitrogen and oxygen atoms in total. The Morgan fingerprint density at radius 3 is 0.941 bits per heavy atom. The zero-order valence-corrected chi connectivity index (χ0v) is 22.1. The zero-order chi connectivity index (χ0) is 24.7. The molecule has 4 aromatic carbocycles. The standard InChI is InChI=1S/C34H38/c1-23-9-15-31(21-25(23)3)33(5,6)29-17-11-27(12-18-29)28-13-19-30(20-14-28)34(7,8)32-16-10-24(2)26(4)22-32/h9-22H,1-8H3. The van der Waals surface area contributed by atoms with E-state index in [9.17, 15) is 0 Å². The van der Waals surface area contributed by atoms with Crippen molar-refractivity contribution in [1.29, 1.82) is 0 Å². The molecule has 0 atom stereocenters. The van der Waals surface area contributed by atoms with Gasteiger partial charge >= 0.3 is 0 Å². The van der Waals surface area contributed by atoms with E-state index >= 15 is 0 Å². The SMILES string of the molecule is Cc1ccc(C(C)(C)c2ccc(-c3ccc(C(C)(C)c4ccc(C)c(C)c4)cc3)cc2)cc1C. The molecule has 0 heteroatoms. The van der Waals surface area contributed by atoms with Gasteiger partial charge in [-0.25, -0.2) is 0 Å². The summed E-state index contributed by atoms with van der Waals surface area (Å²) < 4.78 is 0. The topological polar surface area (TPSA) is 0 Å². The number of rotatable bonds is 5. The van der Waals surface area contributed by atoms with Gasteiger partial charge < -0.3 is 0 Å². The fraction of sp³-hybridized carbons (Fsp3) is 0.294. The molecule has 0 saturated carbocycles. The third-order valence-corrected chi connectivity index (χ3v) is 8.00. The summed E-state index contributed by atoms with van der Waals surface area (Å²) in [5.41, 5.74) is 13.3. The first-order valence-corrected chi connectivity index (χ1v) is 12.4. The van der Waals surface area contributed by atoms with Crippen molar-refractivity contribution in [2.45, 2.75) is 66.2 Å². The van der Waals surface area contributed by atoms with Gasteiger partial charge in [0.2, 0.25) is 0 Å². The first kappa shape index (κ1) is 24.0. The third-order valence-electron chi connectivity index (χ3n) is 8.00. The molecular weight excluding hydrogens is 408 g/mol. The number of hydrogen-bond donors (Lipinski definition) is 0. The van der Waals surface area contributed by atoms with Gasteiger partial charge in [-0.15, -0.1) is 0 Å². The van der Waals surface area contributed by atoms with Crippen molar-refractivity contribution >= 4 is 0 Å². The van der Waals surface area contributed by atoms with Crippen LogP contribution in [0.3, 0.4) is 0 Å². The quantitative estimate of drug-likeness (QED) is 0.286. The Labute approximate surface area is 206 Å². The van der Waals surface area contributed by atoms with Crippen LogP contribution in [0, 0.1) is 27.7 Å². The molecule has 0 N–H and O–H groups in total. The van der Waals surface area contributed by atoms with E-state index in [1.165, 1.54) is 55.6 Å². The lowest BCUT2D eigenvalue weighted by Gasteiger charge is -2.28. The maximum Gasteiger partial charge on any atom is 0.0146 e. The number of hydrogen-bond acceptors (Lipinski definition) is 0. The van der Waals surface area contributed by atoms with Gasteiger partial charge in [-0.05, 0) is 83.3 Å². The predicted molar refractivity (Wildman–Crippen MR) is 148 cm³/mol. The molecule has 0 spiro atoms. The van der Waals surface area contributed by atoms with Gasteiger partial charge in [-0.2, -0.15) is 0 Å². The average Bonchev–Trinajstić information content (AvgIpc) is 2.82. The van der Waals surface area contributed by atoms with Crippen LogP contribution in [0.2, 0.25) is 0 Å². The van der Waals surface area contributed by atoms with E-state index in [1.54, 1.807) is 0 Å². The van der Waals surface area contributed by atoms with Crippen molar-refractivity contribution in [2.75, 3.05) is 0 Å². The predicted octanol–water partition coefficient (Wildman–Crippen LogP) is 9.24. The first-order chi connectivity index (χ1) is 16.0. The Bertz CT molecular complexity index is 1190. The Balaban J connectivity index is 1.58. The second kappa shape index (κ2) is 8.91. The van der Waals surface area contributed by atoms with Crippen LogP contribution in [0.4, 0.5) is 0 Å². The van der Waals surface area contributed by atoms with Crippen molar-refractivity contribution in [2.24, 2.45) is 0 Å². The molecule has 4 rings (SSSR count). The van der Waals surface area contributed by atoms with Gasteiger partial charge in [0.05, 0.1) is 0 Å². The second-order valence-corrected chi connectivity index (χ2v) is 11.0. The van der Waals surface area contributed by atoms with E-state index in [0.717, 1.165) is 0 Å². The van der Waals surface area contributed by atoms with Crippen LogP contribution >= 0.6 is 0 Å². The van der Waals surface area contributed by atoms with E-state index < -0.39 is 0 Å². The third kappa shape index (κ3) is 4.47. The van der Waals surface area contributed by atoms with Crippen molar-refractivity contribution in [3.05, 3.63) is 129 Å². The molecule has 0 aliphatic rings. The van der Waals surface area contributed by atoms with Crippen LogP contribution in [0.15, 0.2) is 84.9 Å². The minimum absolute atomic E-state index is 0.0307. The molecule has 0 fully saturated rings. The van der Waals surface area contributed by atoms with E-state index in [0.29, 0.717) is 0 Å². The minimum Gasteiger partial charge on any atom is -0.0588 e. The summed E-state index contributed by atoms with van der Waals surface area (Å²) in [6.45, 7) is 18.0. The summed E-state index contributed by atoms with van der Waals surface area (Å²) in [5.74, 6) is 0. The van der Waals surface area contributed by atoms with Crippen LogP contribution < -0.4 is 0 Å². The van der Waals surface area contributed by atoms with Crippen LogP contribution in [0.25, 0.3) is 11.1 Å². The van der Waals surface area contributed by atoms with Crippen LogP contribution in [-0.4, -0.2) is 0 Å². The van der Waals surface area contributed by atoms with E-state index in [1.807, 2.05) is 0 Å². The molecule has 0 aromatic heterocycles. The maximum absolute atomic E-state index is 2.33. The Kier molecular flexibility index (Phi) is 6.30. The molecule has 4 aromatic rings. The summed E-state index contributed by atoms with van der Waals surface area (Å²) in [6, 6.07) is 31.9. The van der Waals surface area contributed by atoms with Crippen molar-refractivity contribution in [1.82, 2.24) is 0 Å². The van der Waals surface area contributed by atoms with Gasteiger partial charge in [0.15, 0.2) is 0 Å². The fourth-order valence-electron chi connectivity index (χ4n) is 4.75. The molecule has 0 heterocycles. The first-order valence-electron chi connectivity index (χ1n) is 12.4. The van der Waals surface area contributed by atoms with Gasteiger partial charge in [-0.1, -0.05) is 113 Å². The molecule has 34 heavy (non-hydrogen) atoms. The zero-order valence-electron chi connectivity index (χ0n) is 22.1. The fourth-order valence-corrected chi connectivity index (χ4v) is 4.75. The van der Waals surface area contributed by atoms with E-state index in [2.05, 4.69) is 140 Å². The highest BCUT2D eigenvalue weighted by Crippen LogP contribution is 2.36. The molecule has 0 unspecified atom stereocenters. The number of benzene rings is 4. The van der Waals surface area contributed by atoms with Gasteiger partial charge in [0.25, 0.3) is 0 Å². The lowest BCUT2D eigenvalue weighted by Crippen LogP contribution is -2.19. The molecule has 0 aliphatic carbocycles. The van der Waals surface area contributed by atoms with Crippen molar-refractivity contribution in [3.63, 3.8) is 0 Å². The lowest BCUT2D eigenvalue weighted by molar-refractivity contribution is 0.639. The molecular formula is C34H38. The van der Waals surface area contributed by atoms with Crippen molar-refractivity contribution in [3.8, 4) is 11.1 Å². The van der Waals surface area contributed by atoms with Crippen molar-refractivity contribution < 1.29 is 0 Å². The van der Waals surface area contributed by atoms with Crippen LogP contribution in [0.5, 0.6) is 0 Å². The monoisotopic (exact) mass is 446 g/mol.